The highest BCUT2D eigenvalue weighted by atomic mass is 16.3. The number of hydrogen-bond donors (Lipinski definition) is 1. The third kappa shape index (κ3) is 2.34. The van der Waals surface area contributed by atoms with Crippen molar-refractivity contribution >= 4 is 5.91 Å². The predicted octanol–water partition coefficient (Wildman–Crippen LogP) is 1.85. The number of hydrogen-bond acceptors (Lipinski definition) is 2. The van der Waals surface area contributed by atoms with Crippen molar-refractivity contribution in [1.29, 1.82) is 0 Å². The van der Waals surface area contributed by atoms with E-state index in [1.165, 1.54) is 0 Å². The number of nitrogens with zero attached hydrogens (tertiary/aromatic N) is 1. The molecule has 0 bridgehead atoms. The Morgan fingerprint density at radius 2 is 2.24 bits per heavy atom. The number of rotatable bonds is 3. The first-order valence-corrected chi connectivity index (χ1v) is 6.27. The van der Waals surface area contributed by atoms with Crippen molar-refractivity contribution < 1.29 is 9.90 Å². The highest BCUT2D eigenvalue weighted by molar-refractivity contribution is 5.96. The van der Waals surface area contributed by atoms with E-state index in [4.69, 9.17) is 0 Å². The zero-order chi connectivity index (χ0) is 12.3. The molecule has 2 rings (SSSR count). The minimum atomic E-state index is 0.00686. The molecule has 0 unspecified atom stereocenters. The van der Waals surface area contributed by atoms with Crippen LogP contribution < -0.4 is 0 Å². The highest BCUT2D eigenvalue weighted by Crippen LogP contribution is 2.21. The maximum absolute atomic E-state index is 12.4. The number of aliphatic hydroxyl groups is 1. The second-order valence-corrected chi connectivity index (χ2v) is 4.49. The molecule has 1 atom stereocenters. The molecule has 0 aromatic heterocycles. The Morgan fingerprint density at radius 3 is 2.94 bits per heavy atom. The lowest BCUT2D eigenvalue weighted by Gasteiger charge is -2.24. The van der Waals surface area contributed by atoms with Gasteiger partial charge in [0.1, 0.15) is 0 Å². The Hall–Kier alpha value is -1.35. The Kier molecular flexibility index (Phi) is 3.79. The standard InChI is InChI=1S/C14H19NO2/c1-2-11-6-3-4-8-13(11)14(17)15-9-5-7-12(15)10-16/h3-4,6,8,12,16H,2,5,7,9-10H2,1H3/t12-/m1/s1. The first-order chi connectivity index (χ1) is 8.27. The lowest BCUT2D eigenvalue weighted by Crippen LogP contribution is -2.38. The van der Waals surface area contributed by atoms with E-state index in [2.05, 4.69) is 6.92 Å². The van der Waals surface area contributed by atoms with E-state index < -0.39 is 0 Å². The summed E-state index contributed by atoms with van der Waals surface area (Å²) in [4.78, 5) is 14.2. The maximum atomic E-state index is 12.4. The fraction of sp³-hybridized carbons (Fsp3) is 0.500. The van der Waals surface area contributed by atoms with Crippen molar-refractivity contribution in [2.45, 2.75) is 32.2 Å². The van der Waals surface area contributed by atoms with Crippen LogP contribution in [0.1, 0.15) is 35.7 Å². The van der Waals surface area contributed by atoms with Crippen LogP contribution in [0.3, 0.4) is 0 Å². The van der Waals surface area contributed by atoms with Crippen LogP contribution in [0, 0.1) is 0 Å². The van der Waals surface area contributed by atoms with Gasteiger partial charge in [0.25, 0.3) is 5.91 Å². The molecule has 1 heterocycles. The van der Waals surface area contributed by atoms with Gasteiger partial charge in [-0.2, -0.15) is 0 Å². The van der Waals surface area contributed by atoms with Gasteiger partial charge < -0.3 is 10.0 Å². The molecule has 3 heteroatoms. The third-order valence-corrected chi connectivity index (χ3v) is 3.48. The molecule has 1 aliphatic rings. The second-order valence-electron chi connectivity index (χ2n) is 4.49. The molecule has 1 fully saturated rings. The molecule has 1 aromatic carbocycles. The molecule has 0 spiro atoms. The minimum Gasteiger partial charge on any atom is -0.394 e. The van der Waals surface area contributed by atoms with E-state index in [0.29, 0.717) is 0 Å². The molecule has 1 aliphatic heterocycles. The average molecular weight is 233 g/mol. The van der Waals surface area contributed by atoms with E-state index in [1.54, 1.807) is 0 Å². The highest BCUT2D eigenvalue weighted by Gasteiger charge is 2.29. The Morgan fingerprint density at radius 1 is 1.47 bits per heavy atom. The molecule has 92 valence electrons. The summed E-state index contributed by atoms with van der Waals surface area (Å²) < 4.78 is 0. The summed E-state index contributed by atoms with van der Waals surface area (Å²) in [5, 5.41) is 9.26. The van der Waals surface area contributed by atoms with Gasteiger partial charge in [0.05, 0.1) is 12.6 Å². The van der Waals surface area contributed by atoms with Crippen LogP contribution in [0.4, 0.5) is 0 Å². The molecule has 0 radical (unpaired) electrons. The summed E-state index contributed by atoms with van der Waals surface area (Å²) in [7, 11) is 0. The van der Waals surface area contributed by atoms with Gasteiger partial charge in [-0.1, -0.05) is 25.1 Å². The van der Waals surface area contributed by atoms with E-state index in [1.807, 2.05) is 29.2 Å². The lowest BCUT2D eigenvalue weighted by atomic mass is 10.0. The Bertz CT molecular complexity index is 403. The van der Waals surface area contributed by atoms with Gasteiger partial charge in [-0.25, -0.2) is 0 Å². The summed E-state index contributed by atoms with van der Waals surface area (Å²) in [6, 6.07) is 7.75. The van der Waals surface area contributed by atoms with Gasteiger partial charge in [-0.3, -0.25) is 4.79 Å². The summed E-state index contributed by atoms with van der Waals surface area (Å²) >= 11 is 0. The number of carbonyl (C=O) groups is 1. The first kappa shape index (κ1) is 12.1. The average Bonchev–Trinajstić information content (AvgIpc) is 2.86. The molecule has 3 nitrogen and oxygen atoms in total. The zero-order valence-corrected chi connectivity index (χ0v) is 10.2. The normalized spacial score (nSPS) is 19.6. The Balaban J connectivity index is 2.24. The second kappa shape index (κ2) is 5.32. The summed E-state index contributed by atoms with van der Waals surface area (Å²) in [5.41, 5.74) is 1.87. The van der Waals surface area contributed by atoms with Gasteiger partial charge in [0.15, 0.2) is 0 Å². The van der Waals surface area contributed by atoms with Crippen LogP contribution in [0.5, 0.6) is 0 Å². The van der Waals surface area contributed by atoms with Crippen molar-refractivity contribution in [3.05, 3.63) is 35.4 Å². The number of aliphatic hydroxyl groups excluding tert-OH is 1. The largest absolute Gasteiger partial charge is 0.394 e. The van der Waals surface area contributed by atoms with Gasteiger partial charge in [0.2, 0.25) is 0 Å². The fourth-order valence-corrected chi connectivity index (χ4v) is 2.48. The van der Waals surface area contributed by atoms with Crippen molar-refractivity contribution in [3.63, 3.8) is 0 Å². The number of carbonyl (C=O) groups excluding carboxylic acids is 1. The van der Waals surface area contributed by atoms with Crippen LogP contribution >= 0.6 is 0 Å². The molecule has 0 saturated carbocycles. The number of likely N-dealkylation sites (tertiary alicyclic amines) is 1. The predicted molar refractivity (Wildman–Crippen MR) is 67.0 cm³/mol. The number of amides is 1. The lowest BCUT2D eigenvalue weighted by molar-refractivity contribution is 0.0676. The number of benzene rings is 1. The summed E-state index contributed by atoms with van der Waals surface area (Å²) in [5.74, 6) is 0.0685. The zero-order valence-electron chi connectivity index (χ0n) is 10.2. The molecule has 1 aromatic rings. The quantitative estimate of drug-likeness (QED) is 0.865. The molecule has 1 N–H and O–H groups in total. The monoisotopic (exact) mass is 233 g/mol. The van der Waals surface area contributed by atoms with Crippen LogP contribution in [0.15, 0.2) is 24.3 Å². The molecule has 17 heavy (non-hydrogen) atoms. The van der Waals surface area contributed by atoms with Crippen LogP contribution in [-0.4, -0.2) is 35.1 Å². The molecule has 1 amide bonds. The van der Waals surface area contributed by atoms with Crippen LogP contribution in [0.25, 0.3) is 0 Å². The topological polar surface area (TPSA) is 40.5 Å². The van der Waals surface area contributed by atoms with Crippen molar-refractivity contribution in [2.75, 3.05) is 13.2 Å². The molecule has 0 aliphatic carbocycles. The van der Waals surface area contributed by atoms with Crippen molar-refractivity contribution in [3.8, 4) is 0 Å². The van der Waals surface area contributed by atoms with E-state index in [-0.39, 0.29) is 18.6 Å². The SMILES string of the molecule is CCc1ccccc1C(=O)N1CCC[C@@H]1CO. The van der Waals surface area contributed by atoms with Gasteiger partial charge >= 0.3 is 0 Å². The van der Waals surface area contributed by atoms with Crippen molar-refractivity contribution in [2.24, 2.45) is 0 Å². The fourth-order valence-electron chi connectivity index (χ4n) is 2.48. The minimum absolute atomic E-state index is 0.00686. The van der Waals surface area contributed by atoms with Crippen LogP contribution in [0.2, 0.25) is 0 Å². The Labute approximate surface area is 102 Å². The first-order valence-electron chi connectivity index (χ1n) is 6.27. The summed E-state index contributed by atoms with van der Waals surface area (Å²) in [6.45, 7) is 2.89. The van der Waals surface area contributed by atoms with E-state index >= 15 is 0 Å². The van der Waals surface area contributed by atoms with Crippen molar-refractivity contribution in [1.82, 2.24) is 4.90 Å². The van der Waals surface area contributed by atoms with Gasteiger partial charge in [-0.15, -0.1) is 0 Å². The molecular formula is C14H19NO2. The third-order valence-electron chi connectivity index (χ3n) is 3.48. The number of aryl methyl sites for hydroxylation is 1. The summed E-state index contributed by atoms with van der Waals surface area (Å²) in [6.07, 6.45) is 2.77. The van der Waals surface area contributed by atoms with E-state index in [9.17, 15) is 9.90 Å². The van der Waals surface area contributed by atoms with E-state index in [0.717, 1.165) is 36.9 Å². The smallest absolute Gasteiger partial charge is 0.254 e. The van der Waals surface area contributed by atoms with Gasteiger partial charge in [-0.05, 0) is 30.9 Å². The van der Waals surface area contributed by atoms with Gasteiger partial charge in [0, 0.05) is 12.1 Å². The maximum Gasteiger partial charge on any atom is 0.254 e. The molecular weight excluding hydrogens is 214 g/mol. The van der Waals surface area contributed by atoms with Crippen LogP contribution in [-0.2, 0) is 6.42 Å². The molecule has 1 saturated heterocycles.